The molecule has 2 heterocycles. The van der Waals surface area contributed by atoms with E-state index >= 15 is 0 Å². The van der Waals surface area contributed by atoms with Crippen LogP contribution in [0.4, 0.5) is 0 Å². The lowest BCUT2D eigenvalue weighted by Crippen LogP contribution is -2.36. The molecule has 0 aromatic carbocycles. The second-order valence-corrected chi connectivity index (χ2v) is 5.85. The van der Waals surface area contributed by atoms with Crippen molar-refractivity contribution in [1.29, 1.82) is 0 Å². The van der Waals surface area contributed by atoms with Crippen molar-refractivity contribution in [3.8, 4) is 0 Å². The van der Waals surface area contributed by atoms with Gasteiger partial charge in [-0.2, -0.15) is 0 Å². The first kappa shape index (κ1) is 12.6. The van der Waals surface area contributed by atoms with Crippen LogP contribution in [0.1, 0.15) is 26.2 Å². The Morgan fingerprint density at radius 2 is 2.29 bits per heavy atom. The zero-order valence-corrected chi connectivity index (χ0v) is 11.1. The first-order valence-corrected chi connectivity index (χ1v) is 7.15. The molecule has 4 heteroatoms. The summed E-state index contributed by atoms with van der Waals surface area (Å²) in [6.07, 6.45) is 6.58. The van der Waals surface area contributed by atoms with Crippen LogP contribution in [0.5, 0.6) is 0 Å². The van der Waals surface area contributed by atoms with Crippen molar-refractivity contribution < 1.29 is 9.53 Å². The van der Waals surface area contributed by atoms with Crippen LogP contribution >= 0.6 is 11.8 Å². The molecule has 3 nitrogen and oxygen atoms in total. The van der Waals surface area contributed by atoms with E-state index in [1.807, 2.05) is 6.08 Å². The number of cyclic esters (lactones) is 1. The quantitative estimate of drug-likeness (QED) is 0.556. The third kappa shape index (κ3) is 2.37. The zero-order valence-electron chi connectivity index (χ0n) is 10.3. The number of carbonyl (C=O) groups excluding carboxylic acids is 1. The Morgan fingerprint density at radius 1 is 1.59 bits per heavy atom. The smallest absolute Gasteiger partial charge is 0.334 e. The minimum Gasteiger partial charge on any atom is -0.438 e. The Balaban J connectivity index is 2.26. The Labute approximate surface area is 107 Å². The van der Waals surface area contributed by atoms with Gasteiger partial charge in [0.15, 0.2) is 0 Å². The number of rotatable bonds is 5. The summed E-state index contributed by atoms with van der Waals surface area (Å²) in [5, 5.41) is 0. The molecule has 1 fully saturated rings. The average Bonchev–Trinajstić information content (AvgIpc) is 2.87. The van der Waals surface area contributed by atoms with Gasteiger partial charge in [-0.25, -0.2) is 4.79 Å². The Morgan fingerprint density at radius 3 is 2.88 bits per heavy atom. The SMILES string of the molecule is C=CCC1(SCC)OC(=O)C=C1N1CCCC1. The maximum Gasteiger partial charge on any atom is 0.334 e. The second-order valence-electron chi connectivity index (χ2n) is 4.32. The number of ether oxygens (including phenoxy) is 1. The molecular weight excluding hydrogens is 234 g/mol. The monoisotopic (exact) mass is 253 g/mol. The molecule has 0 spiro atoms. The molecule has 2 aliphatic rings. The van der Waals surface area contributed by atoms with E-state index in [4.69, 9.17) is 4.74 Å². The van der Waals surface area contributed by atoms with Crippen LogP contribution < -0.4 is 0 Å². The van der Waals surface area contributed by atoms with Crippen molar-refractivity contribution in [3.63, 3.8) is 0 Å². The van der Waals surface area contributed by atoms with Crippen LogP contribution in [0.3, 0.4) is 0 Å². The molecule has 0 aliphatic carbocycles. The van der Waals surface area contributed by atoms with Crippen LogP contribution in [0.15, 0.2) is 24.4 Å². The van der Waals surface area contributed by atoms with Crippen LogP contribution in [0.2, 0.25) is 0 Å². The van der Waals surface area contributed by atoms with E-state index in [2.05, 4.69) is 18.4 Å². The van der Waals surface area contributed by atoms with E-state index in [1.165, 1.54) is 12.8 Å². The van der Waals surface area contributed by atoms with Crippen LogP contribution in [-0.4, -0.2) is 34.6 Å². The van der Waals surface area contributed by atoms with E-state index in [0.717, 1.165) is 24.5 Å². The molecule has 0 N–H and O–H groups in total. The molecule has 0 saturated carbocycles. The highest BCUT2D eigenvalue weighted by molar-refractivity contribution is 8.00. The van der Waals surface area contributed by atoms with Crippen molar-refractivity contribution in [3.05, 3.63) is 24.4 Å². The summed E-state index contributed by atoms with van der Waals surface area (Å²) < 4.78 is 5.57. The molecule has 2 aliphatic heterocycles. The largest absolute Gasteiger partial charge is 0.438 e. The van der Waals surface area contributed by atoms with E-state index in [0.29, 0.717) is 6.42 Å². The highest BCUT2D eigenvalue weighted by atomic mass is 32.2. The Hall–Kier alpha value is -0.900. The molecule has 1 saturated heterocycles. The Kier molecular flexibility index (Phi) is 3.82. The predicted octanol–water partition coefficient (Wildman–Crippen LogP) is 2.55. The van der Waals surface area contributed by atoms with Crippen LogP contribution in [0, 0.1) is 0 Å². The van der Waals surface area contributed by atoms with Gasteiger partial charge in [0, 0.05) is 25.6 Å². The summed E-state index contributed by atoms with van der Waals surface area (Å²) in [5.74, 6) is 0.710. The molecule has 0 amide bonds. The number of hydrogen-bond acceptors (Lipinski definition) is 4. The maximum absolute atomic E-state index is 11.6. The van der Waals surface area contributed by atoms with Gasteiger partial charge in [-0.15, -0.1) is 18.3 Å². The van der Waals surface area contributed by atoms with Crippen LogP contribution in [0.25, 0.3) is 0 Å². The van der Waals surface area contributed by atoms with Gasteiger partial charge >= 0.3 is 5.97 Å². The van der Waals surface area contributed by atoms with E-state index in [9.17, 15) is 4.79 Å². The number of esters is 1. The van der Waals surface area contributed by atoms with Crippen molar-refractivity contribution >= 4 is 17.7 Å². The first-order valence-electron chi connectivity index (χ1n) is 6.17. The standard InChI is InChI=1S/C13H19NO2S/c1-3-7-13(17-4-2)11(10-12(15)16-13)14-8-5-6-9-14/h3,10H,1,4-9H2,2H3. The molecule has 17 heavy (non-hydrogen) atoms. The molecule has 0 aromatic heterocycles. The van der Waals surface area contributed by atoms with Crippen molar-refractivity contribution in [1.82, 2.24) is 4.90 Å². The van der Waals surface area contributed by atoms with Gasteiger partial charge in [-0.1, -0.05) is 13.0 Å². The highest BCUT2D eigenvalue weighted by Gasteiger charge is 2.45. The van der Waals surface area contributed by atoms with Gasteiger partial charge in [0.1, 0.15) is 0 Å². The van der Waals surface area contributed by atoms with E-state index in [1.54, 1.807) is 17.8 Å². The van der Waals surface area contributed by atoms with Crippen molar-refractivity contribution in [2.45, 2.75) is 31.1 Å². The molecule has 0 radical (unpaired) electrons. The van der Waals surface area contributed by atoms with Crippen LogP contribution in [-0.2, 0) is 9.53 Å². The van der Waals surface area contributed by atoms with Gasteiger partial charge in [-0.3, -0.25) is 0 Å². The molecule has 1 atom stereocenters. The zero-order chi connectivity index (χ0) is 12.3. The fourth-order valence-electron chi connectivity index (χ4n) is 2.49. The molecule has 1 unspecified atom stereocenters. The van der Waals surface area contributed by atoms with Gasteiger partial charge in [0.25, 0.3) is 0 Å². The highest BCUT2D eigenvalue weighted by Crippen LogP contribution is 2.44. The summed E-state index contributed by atoms with van der Waals surface area (Å²) in [5.41, 5.74) is 1.05. The summed E-state index contributed by atoms with van der Waals surface area (Å²) in [7, 11) is 0. The normalized spacial score (nSPS) is 28.2. The minimum absolute atomic E-state index is 0.213. The number of likely N-dealkylation sites (tertiary alicyclic amines) is 1. The lowest BCUT2D eigenvalue weighted by molar-refractivity contribution is -0.140. The lowest BCUT2D eigenvalue weighted by Gasteiger charge is -2.34. The number of nitrogens with zero attached hydrogens (tertiary/aromatic N) is 1. The lowest BCUT2D eigenvalue weighted by atomic mass is 10.1. The fraction of sp³-hybridized carbons (Fsp3) is 0.615. The number of carbonyl (C=O) groups is 1. The maximum atomic E-state index is 11.6. The fourth-order valence-corrected chi connectivity index (χ4v) is 3.67. The van der Waals surface area contributed by atoms with Crippen molar-refractivity contribution in [2.75, 3.05) is 18.8 Å². The first-order chi connectivity index (χ1) is 8.22. The van der Waals surface area contributed by atoms with Gasteiger partial charge in [0.2, 0.25) is 4.93 Å². The molecule has 2 rings (SSSR count). The molecular formula is C13H19NO2S. The summed E-state index contributed by atoms with van der Waals surface area (Å²) >= 11 is 1.69. The van der Waals surface area contributed by atoms with Gasteiger partial charge < -0.3 is 9.64 Å². The van der Waals surface area contributed by atoms with Crippen molar-refractivity contribution in [2.24, 2.45) is 0 Å². The number of thioether (sulfide) groups is 1. The van der Waals surface area contributed by atoms with E-state index in [-0.39, 0.29) is 5.97 Å². The molecule has 0 bridgehead atoms. The van der Waals surface area contributed by atoms with Gasteiger partial charge in [0.05, 0.1) is 5.70 Å². The van der Waals surface area contributed by atoms with Gasteiger partial charge in [-0.05, 0) is 18.6 Å². The summed E-state index contributed by atoms with van der Waals surface area (Å²) in [6.45, 7) is 7.94. The number of hydrogen-bond donors (Lipinski definition) is 0. The average molecular weight is 253 g/mol. The summed E-state index contributed by atoms with van der Waals surface area (Å²) in [6, 6.07) is 0. The predicted molar refractivity (Wildman–Crippen MR) is 70.7 cm³/mol. The topological polar surface area (TPSA) is 29.5 Å². The molecule has 0 aromatic rings. The second kappa shape index (κ2) is 5.17. The van der Waals surface area contributed by atoms with E-state index < -0.39 is 4.93 Å². The third-order valence-corrected chi connectivity index (χ3v) is 4.36. The molecule has 94 valence electrons. The minimum atomic E-state index is -0.516. The third-order valence-electron chi connectivity index (χ3n) is 3.15. The summed E-state index contributed by atoms with van der Waals surface area (Å²) in [4.78, 5) is 13.4. The Bertz CT molecular complexity index is 347.